The Morgan fingerprint density at radius 2 is 2.00 bits per heavy atom. The van der Waals surface area contributed by atoms with E-state index in [0.29, 0.717) is 16.8 Å². The van der Waals surface area contributed by atoms with Crippen LogP contribution in [0.1, 0.15) is 52.0 Å². The Hall–Kier alpha value is -2.89. The van der Waals surface area contributed by atoms with Crippen molar-refractivity contribution in [3.63, 3.8) is 0 Å². The monoisotopic (exact) mass is 352 g/mol. The number of carbonyl (C=O) groups is 1. The molecule has 0 amide bonds. The van der Waals surface area contributed by atoms with Gasteiger partial charge in [0.15, 0.2) is 5.78 Å². The third-order valence-corrected chi connectivity index (χ3v) is 4.58. The van der Waals surface area contributed by atoms with Gasteiger partial charge in [-0.3, -0.25) is 19.4 Å². The molecule has 6 heteroatoms. The van der Waals surface area contributed by atoms with Crippen LogP contribution in [-0.4, -0.2) is 25.5 Å². The third kappa shape index (κ3) is 3.69. The molecule has 0 aliphatic rings. The van der Waals surface area contributed by atoms with Gasteiger partial charge in [-0.2, -0.15) is 5.10 Å². The molecule has 3 aromatic heterocycles. The maximum absolute atomic E-state index is 13.6. The van der Waals surface area contributed by atoms with Gasteiger partial charge in [-0.25, -0.2) is 4.39 Å². The Labute approximate surface area is 151 Å². The second-order valence-corrected chi connectivity index (χ2v) is 6.38. The quantitative estimate of drug-likeness (QED) is 0.636. The number of pyridine rings is 2. The highest BCUT2D eigenvalue weighted by Gasteiger charge is 2.16. The van der Waals surface area contributed by atoms with E-state index in [1.54, 1.807) is 17.8 Å². The van der Waals surface area contributed by atoms with E-state index in [4.69, 9.17) is 0 Å². The molecule has 0 fully saturated rings. The number of carbonyl (C=O) groups excluding carboxylic acids is 1. The SMILES string of the molecule is CCC(c1ccc(CC(=O)c2cncc(F)c2C)nc1)c1cnn(C)c1. The number of aromatic nitrogens is 4. The highest BCUT2D eigenvalue weighted by atomic mass is 19.1. The van der Waals surface area contributed by atoms with Crippen LogP contribution >= 0.6 is 0 Å². The molecule has 0 saturated carbocycles. The minimum absolute atomic E-state index is 0.121. The molecule has 0 aromatic carbocycles. The Balaban J connectivity index is 1.77. The van der Waals surface area contributed by atoms with Gasteiger partial charge < -0.3 is 0 Å². The van der Waals surface area contributed by atoms with Crippen LogP contribution in [0.2, 0.25) is 0 Å². The lowest BCUT2D eigenvalue weighted by molar-refractivity contribution is 0.0990. The number of nitrogens with zero attached hydrogens (tertiary/aromatic N) is 4. The molecule has 0 radical (unpaired) electrons. The predicted molar refractivity (Wildman–Crippen MR) is 96.5 cm³/mol. The number of Topliss-reactive ketones (excluding diaryl/α,β-unsaturated/α-hetero) is 1. The van der Waals surface area contributed by atoms with Gasteiger partial charge in [0.05, 0.1) is 18.8 Å². The molecule has 0 saturated heterocycles. The molecule has 0 N–H and O–H groups in total. The molecule has 0 aliphatic heterocycles. The van der Waals surface area contributed by atoms with Crippen molar-refractivity contribution in [1.29, 1.82) is 0 Å². The van der Waals surface area contributed by atoms with Crippen LogP contribution in [0.25, 0.3) is 0 Å². The van der Waals surface area contributed by atoms with Gasteiger partial charge in [-0.15, -0.1) is 0 Å². The molecular formula is C20H21FN4O. The zero-order chi connectivity index (χ0) is 18.7. The zero-order valence-corrected chi connectivity index (χ0v) is 15.1. The van der Waals surface area contributed by atoms with Crippen LogP contribution in [-0.2, 0) is 13.5 Å². The number of hydrogen-bond donors (Lipinski definition) is 0. The first-order chi connectivity index (χ1) is 12.5. The fourth-order valence-corrected chi connectivity index (χ4v) is 3.07. The van der Waals surface area contributed by atoms with E-state index in [1.807, 2.05) is 31.6 Å². The molecule has 1 atom stereocenters. The van der Waals surface area contributed by atoms with Gasteiger partial charge in [-0.05, 0) is 36.1 Å². The van der Waals surface area contributed by atoms with Crippen LogP contribution in [0.4, 0.5) is 4.39 Å². The fourth-order valence-electron chi connectivity index (χ4n) is 3.07. The van der Waals surface area contributed by atoms with Crippen molar-refractivity contribution in [1.82, 2.24) is 19.7 Å². The number of ketones is 1. The van der Waals surface area contributed by atoms with Crippen LogP contribution in [0.3, 0.4) is 0 Å². The summed E-state index contributed by atoms with van der Waals surface area (Å²) >= 11 is 0. The Bertz CT molecular complexity index is 918. The summed E-state index contributed by atoms with van der Waals surface area (Å²) in [7, 11) is 1.90. The number of hydrogen-bond acceptors (Lipinski definition) is 4. The van der Waals surface area contributed by atoms with Crippen LogP contribution in [0, 0.1) is 12.7 Å². The van der Waals surface area contributed by atoms with Crippen LogP contribution in [0.15, 0.2) is 43.1 Å². The first kappa shape index (κ1) is 17.9. The van der Waals surface area contributed by atoms with Crippen LogP contribution in [0.5, 0.6) is 0 Å². The van der Waals surface area contributed by atoms with E-state index in [0.717, 1.165) is 23.7 Å². The summed E-state index contributed by atoms with van der Waals surface area (Å²) in [6.07, 6.45) is 9.25. The highest BCUT2D eigenvalue weighted by molar-refractivity contribution is 5.98. The van der Waals surface area contributed by atoms with E-state index in [1.165, 1.54) is 6.20 Å². The van der Waals surface area contributed by atoms with Crippen molar-refractivity contribution in [3.8, 4) is 0 Å². The van der Waals surface area contributed by atoms with E-state index in [2.05, 4.69) is 22.0 Å². The normalized spacial score (nSPS) is 12.2. The third-order valence-electron chi connectivity index (χ3n) is 4.58. The second-order valence-electron chi connectivity index (χ2n) is 6.38. The molecule has 26 heavy (non-hydrogen) atoms. The first-order valence-electron chi connectivity index (χ1n) is 8.56. The van der Waals surface area contributed by atoms with Crippen molar-refractivity contribution in [2.45, 2.75) is 32.6 Å². The van der Waals surface area contributed by atoms with Crippen molar-refractivity contribution in [3.05, 3.63) is 76.9 Å². The van der Waals surface area contributed by atoms with Gasteiger partial charge in [0.25, 0.3) is 0 Å². The zero-order valence-electron chi connectivity index (χ0n) is 15.1. The van der Waals surface area contributed by atoms with E-state index in [9.17, 15) is 9.18 Å². The summed E-state index contributed by atoms with van der Waals surface area (Å²) in [5.41, 5.74) is 3.51. The Kier molecular flexibility index (Phi) is 5.21. The maximum Gasteiger partial charge on any atom is 0.170 e. The lowest BCUT2D eigenvalue weighted by Crippen LogP contribution is -2.09. The minimum Gasteiger partial charge on any atom is -0.294 e. The summed E-state index contributed by atoms with van der Waals surface area (Å²) in [6.45, 7) is 3.70. The molecular weight excluding hydrogens is 331 g/mol. The lowest BCUT2D eigenvalue weighted by Gasteiger charge is -2.13. The predicted octanol–water partition coefficient (Wildman–Crippen LogP) is 3.62. The van der Waals surface area contributed by atoms with Gasteiger partial charge in [0.2, 0.25) is 0 Å². The van der Waals surface area contributed by atoms with E-state index in [-0.39, 0.29) is 18.1 Å². The molecule has 1 unspecified atom stereocenters. The smallest absolute Gasteiger partial charge is 0.170 e. The summed E-state index contributed by atoms with van der Waals surface area (Å²) in [6, 6.07) is 3.85. The minimum atomic E-state index is -0.471. The molecule has 134 valence electrons. The summed E-state index contributed by atoms with van der Waals surface area (Å²) in [5.74, 6) is -0.439. The van der Waals surface area contributed by atoms with Crippen molar-refractivity contribution in [2.75, 3.05) is 0 Å². The van der Waals surface area contributed by atoms with Gasteiger partial charge >= 0.3 is 0 Å². The average Bonchev–Trinajstić information content (AvgIpc) is 3.05. The summed E-state index contributed by atoms with van der Waals surface area (Å²) in [4.78, 5) is 20.6. The topological polar surface area (TPSA) is 60.7 Å². The van der Waals surface area contributed by atoms with Crippen molar-refractivity contribution >= 4 is 5.78 Å². The van der Waals surface area contributed by atoms with Crippen molar-refractivity contribution in [2.24, 2.45) is 7.05 Å². The number of halogens is 1. The molecule has 0 bridgehead atoms. The fraction of sp³-hybridized carbons (Fsp3) is 0.300. The second kappa shape index (κ2) is 7.56. The van der Waals surface area contributed by atoms with Gasteiger partial charge in [0, 0.05) is 42.8 Å². The van der Waals surface area contributed by atoms with Crippen molar-refractivity contribution < 1.29 is 9.18 Å². The molecule has 3 rings (SSSR count). The highest BCUT2D eigenvalue weighted by Crippen LogP contribution is 2.27. The number of aryl methyl sites for hydroxylation is 1. The lowest BCUT2D eigenvalue weighted by atomic mass is 9.92. The molecule has 3 aromatic rings. The Morgan fingerprint density at radius 3 is 2.62 bits per heavy atom. The molecule has 0 spiro atoms. The standard InChI is InChI=1S/C20H21FN4O/c1-4-17(15-9-24-25(3)12-15)14-5-6-16(23-8-14)7-20(26)18-10-22-11-19(21)13(18)2/h5-6,8-12,17H,4,7H2,1-3H3. The maximum atomic E-state index is 13.6. The molecule has 3 heterocycles. The average molecular weight is 352 g/mol. The van der Waals surface area contributed by atoms with E-state index >= 15 is 0 Å². The van der Waals surface area contributed by atoms with Gasteiger partial charge in [0.1, 0.15) is 5.82 Å². The van der Waals surface area contributed by atoms with E-state index < -0.39 is 5.82 Å². The van der Waals surface area contributed by atoms with Crippen LogP contribution < -0.4 is 0 Å². The van der Waals surface area contributed by atoms with Gasteiger partial charge in [-0.1, -0.05) is 13.0 Å². The number of rotatable bonds is 6. The summed E-state index contributed by atoms with van der Waals surface area (Å²) < 4.78 is 15.4. The molecule has 5 nitrogen and oxygen atoms in total. The molecule has 0 aliphatic carbocycles. The summed E-state index contributed by atoms with van der Waals surface area (Å²) in [5, 5.41) is 4.23. The Morgan fingerprint density at radius 1 is 1.19 bits per heavy atom. The first-order valence-corrected chi connectivity index (χ1v) is 8.56. The largest absolute Gasteiger partial charge is 0.294 e.